The highest BCUT2D eigenvalue weighted by Crippen LogP contribution is 2.21. The third-order valence-corrected chi connectivity index (χ3v) is 4.72. The number of aryl methyl sites for hydroxylation is 1. The molecule has 3 rings (SSSR count). The minimum atomic E-state index is 0.635. The molecule has 1 aliphatic rings. The Labute approximate surface area is 149 Å². The van der Waals surface area contributed by atoms with Crippen molar-refractivity contribution in [2.45, 2.75) is 25.8 Å². The van der Waals surface area contributed by atoms with Crippen LogP contribution in [0.2, 0.25) is 0 Å². The monoisotopic (exact) mass is 344 g/mol. The van der Waals surface area contributed by atoms with E-state index in [1.54, 1.807) is 7.11 Å². The number of aromatic nitrogens is 4. The summed E-state index contributed by atoms with van der Waals surface area (Å²) in [5.74, 6) is 2.57. The molecule has 0 aromatic carbocycles. The van der Waals surface area contributed by atoms with Crippen molar-refractivity contribution in [2.24, 2.45) is 13.0 Å². The lowest BCUT2D eigenvalue weighted by Crippen LogP contribution is -2.36. The second kappa shape index (κ2) is 8.92. The van der Waals surface area contributed by atoms with Crippen LogP contribution in [-0.2, 0) is 24.8 Å². The van der Waals surface area contributed by atoms with E-state index in [-0.39, 0.29) is 0 Å². The molecule has 0 radical (unpaired) electrons. The molecule has 0 aliphatic carbocycles. The summed E-state index contributed by atoms with van der Waals surface area (Å²) in [7, 11) is 3.75. The van der Waals surface area contributed by atoms with Gasteiger partial charge in [0.25, 0.3) is 0 Å². The van der Waals surface area contributed by atoms with Crippen LogP contribution in [0.25, 0.3) is 0 Å². The number of methoxy groups -OCH3 is 1. The highest BCUT2D eigenvalue weighted by Gasteiger charge is 2.21. The van der Waals surface area contributed by atoms with Gasteiger partial charge in [-0.2, -0.15) is 5.10 Å². The highest BCUT2D eigenvalue weighted by molar-refractivity contribution is 5.32. The fourth-order valence-corrected chi connectivity index (χ4v) is 3.35. The molecule has 2 aromatic rings. The number of nitrogens with zero attached hydrogens (tertiary/aromatic N) is 5. The quantitative estimate of drug-likeness (QED) is 0.736. The van der Waals surface area contributed by atoms with Gasteiger partial charge in [-0.15, -0.1) is 5.10 Å². The maximum absolute atomic E-state index is 5.02. The fourth-order valence-electron chi connectivity index (χ4n) is 3.35. The van der Waals surface area contributed by atoms with Crippen LogP contribution in [0, 0.1) is 5.92 Å². The first-order valence-corrected chi connectivity index (χ1v) is 8.98. The highest BCUT2D eigenvalue weighted by atomic mass is 16.5. The van der Waals surface area contributed by atoms with E-state index in [1.807, 2.05) is 18.5 Å². The van der Waals surface area contributed by atoms with Gasteiger partial charge in [0.05, 0.1) is 18.8 Å². The van der Waals surface area contributed by atoms with Crippen LogP contribution in [0.3, 0.4) is 0 Å². The molecule has 2 aromatic heterocycles. The van der Waals surface area contributed by atoms with Crippen molar-refractivity contribution in [3.8, 4) is 0 Å². The number of hydrogen-bond donors (Lipinski definition) is 1. The van der Waals surface area contributed by atoms with Crippen LogP contribution < -0.4 is 5.32 Å². The summed E-state index contributed by atoms with van der Waals surface area (Å²) >= 11 is 0. The number of hydrogen-bond acceptors (Lipinski definition) is 6. The van der Waals surface area contributed by atoms with Crippen LogP contribution in [0.5, 0.6) is 0 Å². The average Bonchev–Trinajstić information content (AvgIpc) is 3.02. The normalized spacial score (nSPS) is 18.4. The Morgan fingerprint density at radius 2 is 2.24 bits per heavy atom. The minimum absolute atomic E-state index is 0.635. The van der Waals surface area contributed by atoms with Crippen LogP contribution >= 0.6 is 0 Å². The molecule has 7 nitrogen and oxygen atoms in total. The summed E-state index contributed by atoms with van der Waals surface area (Å²) in [5.41, 5.74) is 1.07. The summed E-state index contributed by atoms with van der Waals surface area (Å²) in [4.78, 5) is 6.95. The van der Waals surface area contributed by atoms with Gasteiger partial charge in [0.1, 0.15) is 11.6 Å². The van der Waals surface area contributed by atoms with Crippen molar-refractivity contribution in [3.63, 3.8) is 0 Å². The second-order valence-electron chi connectivity index (χ2n) is 6.73. The van der Waals surface area contributed by atoms with Gasteiger partial charge in [0.15, 0.2) is 0 Å². The number of nitrogens with one attached hydrogen (secondary N) is 1. The molecule has 1 N–H and O–H groups in total. The van der Waals surface area contributed by atoms with E-state index in [0.29, 0.717) is 12.5 Å². The zero-order valence-electron chi connectivity index (χ0n) is 15.2. The Hall–Kier alpha value is -1.99. The standard InChI is InChI=1S/C18H28N6O/c1-23-10-7-20-18(23)14-24-9-3-4-15(13-24)12-16-5-6-17(22-21-16)19-8-11-25-2/h5-7,10,15H,3-4,8-9,11-14H2,1-2H3,(H,19,22). The summed E-state index contributed by atoms with van der Waals surface area (Å²) in [6.07, 6.45) is 7.36. The van der Waals surface area contributed by atoms with Gasteiger partial charge >= 0.3 is 0 Å². The number of anilines is 1. The lowest BCUT2D eigenvalue weighted by molar-refractivity contribution is 0.161. The summed E-state index contributed by atoms with van der Waals surface area (Å²) in [5, 5.41) is 11.8. The Kier molecular flexibility index (Phi) is 6.36. The largest absolute Gasteiger partial charge is 0.383 e. The maximum Gasteiger partial charge on any atom is 0.148 e. The SMILES string of the molecule is COCCNc1ccc(CC2CCCN(Cc3nccn3C)C2)nn1. The van der Waals surface area contributed by atoms with Crippen LogP contribution in [0.4, 0.5) is 5.82 Å². The van der Waals surface area contributed by atoms with Crippen molar-refractivity contribution >= 4 is 5.82 Å². The topological polar surface area (TPSA) is 68.1 Å². The number of likely N-dealkylation sites (tertiary alicyclic amines) is 1. The summed E-state index contributed by atoms with van der Waals surface area (Å²) in [6.45, 7) is 4.58. The maximum atomic E-state index is 5.02. The Morgan fingerprint density at radius 1 is 1.32 bits per heavy atom. The van der Waals surface area contributed by atoms with Gasteiger partial charge in [-0.05, 0) is 43.9 Å². The fraction of sp³-hybridized carbons (Fsp3) is 0.611. The molecule has 0 saturated carbocycles. The van der Waals surface area contributed by atoms with Gasteiger partial charge < -0.3 is 14.6 Å². The lowest BCUT2D eigenvalue weighted by Gasteiger charge is -2.32. The third kappa shape index (κ3) is 5.24. The van der Waals surface area contributed by atoms with Gasteiger partial charge in [-0.25, -0.2) is 4.98 Å². The zero-order valence-corrected chi connectivity index (χ0v) is 15.2. The van der Waals surface area contributed by atoms with Gasteiger partial charge in [0, 0.05) is 39.6 Å². The number of imidazole rings is 1. The van der Waals surface area contributed by atoms with E-state index < -0.39 is 0 Å². The smallest absolute Gasteiger partial charge is 0.148 e. The van der Waals surface area contributed by atoms with Crippen LogP contribution in [0.1, 0.15) is 24.4 Å². The molecule has 0 spiro atoms. The molecule has 1 saturated heterocycles. The molecule has 1 atom stereocenters. The van der Waals surface area contributed by atoms with Crippen LogP contribution in [-0.4, -0.2) is 58.0 Å². The predicted octanol–water partition coefficient (Wildman–Crippen LogP) is 1.72. The van der Waals surface area contributed by atoms with E-state index in [4.69, 9.17) is 4.74 Å². The minimum Gasteiger partial charge on any atom is -0.383 e. The van der Waals surface area contributed by atoms with Crippen molar-refractivity contribution in [2.75, 3.05) is 38.7 Å². The van der Waals surface area contributed by atoms with Crippen molar-refractivity contribution in [1.82, 2.24) is 24.6 Å². The Bertz CT molecular complexity index is 641. The number of rotatable bonds is 8. The Morgan fingerprint density at radius 3 is 2.96 bits per heavy atom. The molecular weight excluding hydrogens is 316 g/mol. The summed E-state index contributed by atoms with van der Waals surface area (Å²) < 4.78 is 7.12. The van der Waals surface area contributed by atoms with E-state index in [1.165, 1.54) is 12.8 Å². The number of ether oxygens (including phenoxy) is 1. The lowest BCUT2D eigenvalue weighted by atomic mass is 9.93. The zero-order chi connectivity index (χ0) is 17.5. The molecule has 25 heavy (non-hydrogen) atoms. The van der Waals surface area contributed by atoms with Crippen molar-refractivity contribution in [1.29, 1.82) is 0 Å². The Balaban J connectivity index is 1.49. The van der Waals surface area contributed by atoms with Gasteiger partial charge in [-0.1, -0.05) is 0 Å². The molecule has 0 amide bonds. The van der Waals surface area contributed by atoms with Gasteiger partial charge in [0.2, 0.25) is 0 Å². The van der Waals surface area contributed by atoms with Gasteiger partial charge in [-0.3, -0.25) is 4.90 Å². The van der Waals surface area contributed by atoms with E-state index in [2.05, 4.69) is 43.1 Å². The number of piperidine rings is 1. The molecule has 1 aliphatic heterocycles. The van der Waals surface area contributed by atoms with E-state index in [0.717, 1.165) is 49.9 Å². The molecular formula is C18H28N6O. The average molecular weight is 344 g/mol. The van der Waals surface area contributed by atoms with Crippen molar-refractivity contribution < 1.29 is 4.74 Å². The van der Waals surface area contributed by atoms with E-state index >= 15 is 0 Å². The van der Waals surface area contributed by atoms with Crippen LogP contribution in [0.15, 0.2) is 24.5 Å². The first-order chi connectivity index (χ1) is 12.2. The molecule has 7 heteroatoms. The molecule has 1 unspecified atom stereocenters. The molecule has 1 fully saturated rings. The first-order valence-electron chi connectivity index (χ1n) is 8.98. The predicted molar refractivity (Wildman–Crippen MR) is 97.3 cm³/mol. The second-order valence-corrected chi connectivity index (χ2v) is 6.73. The van der Waals surface area contributed by atoms with Crippen molar-refractivity contribution in [3.05, 3.63) is 36.0 Å². The summed E-state index contributed by atoms with van der Waals surface area (Å²) in [6, 6.07) is 4.09. The van der Waals surface area contributed by atoms with E-state index in [9.17, 15) is 0 Å². The third-order valence-electron chi connectivity index (χ3n) is 4.72. The molecule has 136 valence electrons. The molecule has 0 bridgehead atoms. The first kappa shape index (κ1) is 17.8. The molecule has 3 heterocycles.